The van der Waals surface area contributed by atoms with Gasteiger partial charge in [-0.2, -0.15) is 13.2 Å². The maximum Gasteiger partial charge on any atom is 0.416 e. The molecule has 3 nitrogen and oxygen atoms in total. The van der Waals surface area contributed by atoms with Crippen LogP contribution in [0.1, 0.15) is 11.1 Å². The zero-order valence-corrected chi connectivity index (χ0v) is 14.8. The molecule has 8 heteroatoms. The second kappa shape index (κ2) is 7.55. The van der Waals surface area contributed by atoms with Gasteiger partial charge in [-0.25, -0.2) is 4.98 Å². The molecule has 1 aromatic heterocycles. The minimum absolute atomic E-state index is 0.205. The first-order valence-corrected chi connectivity index (χ1v) is 8.83. The van der Waals surface area contributed by atoms with Crippen molar-refractivity contribution in [1.29, 1.82) is 0 Å². The minimum atomic E-state index is -4.40. The van der Waals surface area contributed by atoms with E-state index < -0.39 is 11.7 Å². The van der Waals surface area contributed by atoms with Crippen molar-refractivity contribution in [2.24, 2.45) is 0 Å². The van der Waals surface area contributed by atoms with Gasteiger partial charge in [-0.05, 0) is 35.9 Å². The van der Waals surface area contributed by atoms with Gasteiger partial charge in [0, 0.05) is 28.9 Å². The number of benzene rings is 2. The van der Waals surface area contributed by atoms with Gasteiger partial charge in [-0.1, -0.05) is 41.6 Å². The van der Waals surface area contributed by atoms with Crippen LogP contribution >= 0.6 is 23.4 Å². The lowest BCUT2D eigenvalue weighted by Gasteiger charge is -2.09. The Morgan fingerprint density at radius 2 is 1.85 bits per heavy atom. The van der Waals surface area contributed by atoms with Crippen LogP contribution in [0.25, 0.3) is 5.69 Å². The molecule has 0 amide bonds. The van der Waals surface area contributed by atoms with E-state index in [0.29, 0.717) is 16.3 Å². The number of aromatic nitrogens is 2. The molecular formula is C18H12ClF3N2OS. The molecule has 0 spiro atoms. The topological polar surface area (TPSA) is 34.9 Å². The van der Waals surface area contributed by atoms with Gasteiger partial charge >= 0.3 is 6.18 Å². The van der Waals surface area contributed by atoms with Crippen molar-refractivity contribution >= 4 is 23.4 Å². The lowest BCUT2D eigenvalue weighted by Crippen LogP contribution is -2.20. The average Bonchev–Trinajstić information content (AvgIpc) is 2.61. The highest BCUT2D eigenvalue weighted by Gasteiger charge is 2.30. The molecule has 3 aromatic rings. The molecule has 2 aromatic carbocycles. The SMILES string of the molecule is O=c1c(SCc2cccc(C(F)(F)F)c2)nccn1-c1ccc(Cl)cc1. The number of hydrogen-bond acceptors (Lipinski definition) is 3. The summed E-state index contributed by atoms with van der Waals surface area (Å²) >= 11 is 6.94. The fourth-order valence-electron chi connectivity index (χ4n) is 2.29. The Hall–Kier alpha value is -2.25. The summed E-state index contributed by atoms with van der Waals surface area (Å²) in [5, 5.41) is 0.759. The molecule has 0 saturated heterocycles. The Bertz CT molecular complexity index is 971. The van der Waals surface area contributed by atoms with Gasteiger partial charge in [-0.15, -0.1) is 0 Å². The van der Waals surface area contributed by atoms with E-state index in [1.165, 1.54) is 23.0 Å². The molecule has 0 radical (unpaired) electrons. The molecule has 134 valence electrons. The fourth-order valence-corrected chi connectivity index (χ4v) is 3.25. The first-order valence-electron chi connectivity index (χ1n) is 7.47. The van der Waals surface area contributed by atoms with Crippen LogP contribution in [-0.2, 0) is 11.9 Å². The summed E-state index contributed by atoms with van der Waals surface area (Å²) in [5.74, 6) is 0.205. The van der Waals surface area contributed by atoms with Gasteiger partial charge < -0.3 is 0 Å². The summed E-state index contributed by atoms with van der Waals surface area (Å²) in [5.41, 5.74) is 0.0395. The molecule has 1 heterocycles. The first kappa shape index (κ1) is 18.5. The molecule has 0 unspecified atom stereocenters. The Labute approximate surface area is 156 Å². The standard InChI is InChI=1S/C18H12ClF3N2OS/c19-14-4-6-15(7-5-14)24-9-8-23-16(17(24)25)26-11-12-2-1-3-13(10-12)18(20,21)22/h1-10H,11H2. The summed E-state index contributed by atoms with van der Waals surface area (Å²) in [6.07, 6.45) is -1.39. The zero-order valence-electron chi connectivity index (χ0n) is 13.2. The largest absolute Gasteiger partial charge is 0.416 e. The van der Waals surface area contributed by atoms with E-state index in [1.54, 1.807) is 30.3 Å². The second-order valence-electron chi connectivity index (χ2n) is 5.37. The summed E-state index contributed by atoms with van der Waals surface area (Å²) in [7, 11) is 0. The van der Waals surface area contributed by atoms with Gasteiger partial charge in [0.2, 0.25) is 0 Å². The maximum atomic E-state index is 12.8. The molecule has 0 saturated carbocycles. The summed E-state index contributed by atoms with van der Waals surface area (Å²) in [6, 6.07) is 11.8. The van der Waals surface area contributed by atoms with Gasteiger partial charge in [0.1, 0.15) is 0 Å². The molecule has 3 rings (SSSR count). The van der Waals surface area contributed by atoms with Crippen molar-refractivity contribution in [1.82, 2.24) is 9.55 Å². The highest BCUT2D eigenvalue weighted by atomic mass is 35.5. The first-order chi connectivity index (χ1) is 12.3. The molecule has 0 fully saturated rings. The van der Waals surface area contributed by atoms with Crippen LogP contribution in [0.4, 0.5) is 13.2 Å². The van der Waals surface area contributed by atoms with Gasteiger partial charge in [0.15, 0.2) is 5.03 Å². The molecular weight excluding hydrogens is 385 g/mol. The number of rotatable bonds is 4. The van der Waals surface area contributed by atoms with Crippen LogP contribution in [0.2, 0.25) is 5.02 Å². The van der Waals surface area contributed by atoms with Crippen molar-refractivity contribution in [3.05, 3.63) is 87.4 Å². The lowest BCUT2D eigenvalue weighted by molar-refractivity contribution is -0.137. The number of alkyl halides is 3. The van der Waals surface area contributed by atoms with Crippen molar-refractivity contribution in [3.63, 3.8) is 0 Å². The monoisotopic (exact) mass is 396 g/mol. The van der Waals surface area contributed by atoms with Crippen LogP contribution in [0.5, 0.6) is 0 Å². The zero-order chi connectivity index (χ0) is 18.7. The van der Waals surface area contributed by atoms with Crippen LogP contribution < -0.4 is 5.56 Å². The van der Waals surface area contributed by atoms with E-state index in [2.05, 4.69) is 4.98 Å². The second-order valence-corrected chi connectivity index (χ2v) is 6.77. The number of hydrogen-bond donors (Lipinski definition) is 0. The molecule has 0 aliphatic heterocycles. The van der Waals surface area contributed by atoms with E-state index in [9.17, 15) is 18.0 Å². The third kappa shape index (κ3) is 4.28. The van der Waals surface area contributed by atoms with Crippen LogP contribution in [-0.4, -0.2) is 9.55 Å². The van der Waals surface area contributed by atoms with Crippen molar-refractivity contribution in [2.45, 2.75) is 17.0 Å². The minimum Gasteiger partial charge on any atom is -0.280 e. The molecule has 26 heavy (non-hydrogen) atoms. The normalized spacial score (nSPS) is 11.5. The van der Waals surface area contributed by atoms with Crippen LogP contribution in [0.3, 0.4) is 0 Å². The predicted octanol–water partition coefficient (Wildman–Crippen LogP) is 5.20. The highest BCUT2D eigenvalue weighted by molar-refractivity contribution is 7.98. The van der Waals surface area contributed by atoms with E-state index in [0.717, 1.165) is 23.9 Å². The summed E-state index contributed by atoms with van der Waals surface area (Å²) < 4.78 is 39.8. The Morgan fingerprint density at radius 3 is 2.54 bits per heavy atom. The van der Waals surface area contributed by atoms with E-state index in [4.69, 9.17) is 11.6 Å². The average molecular weight is 397 g/mol. The fraction of sp³-hybridized carbons (Fsp3) is 0.111. The van der Waals surface area contributed by atoms with Crippen molar-refractivity contribution < 1.29 is 13.2 Å². The Morgan fingerprint density at radius 1 is 1.12 bits per heavy atom. The number of nitrogens with zero attached hydrogens (tertiary/aromatic N) is 2. The highest BCUT2D eigenvalue weighted by Crippen LogP contribution is 2.30. The Kier molecular flexibility index (Phi) is 5.38. The van der Waals surface area contributed by atoms with Crippen LogP contribution in [0, 0.1) is 0 Å². The quantitative estimate of drug-likeness (QED) is 0.569. The molecule has 0 aliphatic rings. The van der Waals surface area contributed by atoms with E-state index in [-0.39, 0.29) is 16.3 Å². The molecule has 0 N–H and O–H groups in total. The lowest BCUT2D eigenvalue weighted by atomic mass is 10.1. The third-order valence-electron chi connectivity index (χ3n) is 3.54. The van der Waals surface area contributed by atoms with E-state index >= 15 is 0 Å². The smallest absolute Gasteiger partial charge is 0.280 e. The van der Waals surface area contributed by atoms with Crippen molar-refractivity contribution in [2.75, 3.05) is 0 Å². The summed E-state index contributed by atoms with van der Waals surface area (Å²) in [6.45, 7) is 0. The van der Waals surface area contributed by atoms with Gasteiger partial charge in [0.05, 0.1) is 5.56 Å². The van der Waals surface area contributed by atoms with Gasteiger partial charge in [-0.3, -0.25) is 9.36 Å². The van der Waals surface area contributed by atoms with Crippen molar-refractivity contribution in [3.8, 4) is 5.69 Å². The predicted molar refractivity (Wildman–Crippen MR) is 95.8 cm³/mol. The van der Waals surface area contributed by atoms with Gasteiger partial charge in [0.25, 0.3) is 5.56 Å². The van der Waals surface area contributed by atoms with E-state index in [1.807, 2.05) is 0 Å². The molecule has 0 aliphatic carbocycles. The number of thioether (sulfide) groups is 1. The third-order valence-corrected chi connectivity index (χ3v) is 4.83. The Balaban J connectivity index is 1.82. The number of halogens is 4. The summed E-state index contributed by atoms with van der Waals surface area (Å²) in [4.78, 5) is 16.6. The van der Waals surface area contributed by atoms with Crippen LogP contribution in [0.15, 0.2) is 70.7 Å². The molecule has 0 atom stereocenters. The maximum absolute atomic E-state index is 12.8. The molecule has 0 bridgehead atoms.